The van der Waals surface area contributed by atoms with Gasteiger partial charge in [0.15, 0.2) is 0 Å². The molecule has 3 N–H and O–H groups in total. The van der Waals surface area contributed by atoms with Gasteiger partial charge in [0.2, 0.25) is 0 Å². The summed E-state index contributed by atoms with van der Waals surface area (Å²) >= 11 is 0. The molecule has 0 bridgehead atoms. The molecule has 12 heavy (non-hydrogen) atoms. The van der Waals surface area contributed by atoms with Crippen LogP contribution in [0.25, 0.3) is 0 Å². The van der Waals surface area contributed by atoms with Crippen LogP contribution in [0.5, 0.6) is 5.75 Å². The van der Waals surface area contributed by atoms with Crippen molar-refractivity contribution in [3.05, 3.63) is 23.8 Å². The second-order valence-electron chi connectivity index (χ2n) is 2.99. The molecule has 0 aliphatic heterocycles. The van der Waals surface area contributed by atoms with E-state index in [0.717, 1.165) is 18.4 Å². The van der Waals surface area contributed by atoms with E-state index in [1.807, 2.05) is 6.07 Å². The first-order valence-electron chi connectivity index (χ1n) is 4.31. The first kappa shape index (κ1) is 8.91. The number of hydrogen-bond acceptors (Lipinski definition) is 2. The molecule has 0 atom stereocenters. The van der Waals surface area contributed by atoms with E-state index >= 15 is 0 Å². The van der Waals surface area contributed by atoms with E-state index in [1.165, 1.54) is 6.42 Å². The van der Waals surface area contributed by atoms with E-state index in [9.17, 15) is 0 Å². The number of rotatable bonds is 3. The van der Waals surface area contributed by atoms with Crippen LogP contribution in [-0.2, 0) is 6.42 Å². The summed E-state index contributed by atoms with van der Waals surface area (Å²) in [5, 5.41) is 9.08. The molecule has 0 amide bonds. The van der Waals surface area contributed by atoms with E-state index < -0.39 is 0 Å². The Labute approximate surface area is 73.0 Å². The maximum Gasteiger partial charge on any atom is 0.117 e. The predicted molar refractivity (Wildman–Crippen MR) is 51.1 cm³/mol. The van der Waals surface area contributed by atoms with Crippen LogP contribution in [0.3, 0.4) is 0 Å². The van der Waals surface area contributed by atoms with Gasteiger partial charge in [-0.25, -0.2) is 0 Å². The summed E-state index contributed by atoms with van der Waals surface area (Å²) in [5.41, 5.74) is 7.53. The molecule has 2 heteroatoms. The molecule has 0 saturated heterocycles. The van der Waals surface area contributed by atoms with Crippen molar-refractivity contribution >= 4 is 5.69 Å². The fourth-order valence-corrected chi connectivity index (χ4v) is 1.18. The molecule has 0 aromatic heterocycles. The van der Waals surface area contributed by atoms with Crippen molar-refractivity contribution < 1.29 is 5.11 Å². The van der Waals surface area contributed by atoms with E-state index in [4.69, 9.17) is 10.8 Å². The van der Waals surface area contributed by atoms with Crippen molar-refractivity contribution in [2.24, 2.45) is 0 Å². The van der Waals surface area contributed by atoms with Gasteiger partial charge >= 0.3 is 0 Å². The van der Waals surface area contributed by atoms with E-state index in [2.05, 4.69) is 6.92 Å². The average Bonchev–Trinajstić information content (AvgIpc) is 2.03. The fourth-order valence-electron chi connectivity index (χ4n) is 1.18. The zero-order valence-corrected chi connectivity index (χ0v) is 7.38. The van der Waals surface area contributed by atoms with Gasteiger partial charge in [-0.15, -0.1) is 0 Å². The third-order valence-electron chi connectivity index (χ3n) is 1.93. The number of hydrogen-bond donors (Lipinski definition) is 2. The third kappa shape index (κ3) is 2.16. The number of nitrogen functional groups attached to an aromatic ring is 1. The number of phenols is 1. The molecular weight excluding hydrogens is 150 g/mol. The lowest BCUT2D eigenvalue weighted by Crippen LogP contribution is -1.93. The topological polar surface area (TPSA) is 46.2 Å². The van der Waals surface area contributed by atoms with Crippen molar-refractivity contribution in [2.45, 2.75) is 26.2 Å². The molecule has 1 aromatic carbocycles. The van der Waals surface area contributed by atoms with Crippen molar-refractivity contribution in [1.29, 1.82) is 0 Å². The highest BCUT2D eigenvalue weighted by Crippen LogP contribution is 2.19. The van der Waals surface area contributed by atoms with Crippen LogP contribution in [-0.4, -0.2) is 5.11 Å². The van der Waals surface area contributed by atoms with Gasteiger partial charge < -0.3 is 10.8 Å². The van der Waals surface area contributed by atoms with Gasteiger partial charge in [-0.2, -0.15) is 0 Å². The van der Waals surface area contributed by atoms with Crippen LogP contribution < -0.4 is 5.73 Å². The Balaban J connectivity index is 2.72. The molecule has 1 rings (SSSR count). The minimum atomic E-state index is 0.243. The summed E-state index contributed by atoms with van der Waals surface area (Å²) in [6.07, 6.45) is 3.32. The molecule has 0 fully saturated rings. The summed E-state index contributed by atoms with van der Waals surface area (Å²) in [7, 11) is 0. The molecule has 0 saturated carbocycles. The second kappa shape index (κ2) is 4.00. The van der Waals surface area contributed by atoms with Crippen LogP contribution in [0.2, 0.25) is 0 Å². The maximum absolute atomic E-state index is 9.08. The fraction of sp³-hybridized carbons (Fsp3) is 0.400. The Bertz CT molecular complexity index is 258. The first-order chi connectivity index (χ1) is 5.74. The van der Waals surface area contributed by atoms with Gasteiger partial charge in [0, 0.05) is 11.8 Å². The Morgan fingerprint density at radius 3 is 2.75 bits per heavy atom. The van der Waals surface area contributed by atoms with Crippen LogP contribution in [0.15, 0.2) is 18.2 Å². The van der Waals surface area contributed by atoms with Crippen LogP contribution in [0.1, 0.15) is 25.3 Å². The molecule has 0 aliphatic rings. The lowest BCUT2D eigenvalue weighted by atomic mass is 10.1. The summed E-state index contributed by atoms with van der Waals surface area (Å²) in [6, 6.07) is 5.17. The molecule has 0 unspecified atom stereocenters. The molecule has 66 valence electrons. The first-order valence-corrected chi connectivity index (χ1v) is 4.31. The smallest absolute Gasteiger partial charge is 0.117 e. The Morgan fingerprint density at radius 2 is 2.17 bits per heavy atom. The summed E-state index contributed by atoms with van der Waals surface area (Å²) in [6.45, 7) is 2.15. The van der Waals surface area contributed by atoms with Gasteiger partial charge in [0.25, 0.3) is 0 Å². The van der Waals surface area contributed by atoms with Crippen molar-refractivity contribution in [3.63, 3.8) is 0 Å². The highest BCUT2D eigenvalue weighted by Gasteiger charge is 1.98. The number of aryl methyl sites for hydroxylation is 1. The third-order valence-corrected chi connectivity index (χ3v) is 1.93. The number of nitrogens with two attached hydrogens (primary N) is 1. The number of phenolic OH excluding ortho intramolecular Hbond substituents is 1. The molecular formula is C10H15NO. The van der Waals surface area contributed by atoms with E-state index in [-0.39, 0.29) is 5.75 Å². The summed E-state index contributed by atoms with van der Waals surface area (Å²) < 4.78 is 0. The van der Waals surface area contributed by atoms with Crippen molar-refractivity contribution in [2.75, 3.05) is 5.73 Å². The number of anilines is 1. The monoisotopic (exact) mass is 165 g/mol. The normalized spacial score (nSPS) is 10.1. The lowest BCUT2D eigenvalue weighted by molar-refractivity contribution is 0.475. The highest BCUT2D eigenvalue weighted by molar-refractivity contribution is 5.50. The molecule has 0 aliphatic carbocycles. The van der Waals surface area contributed by atoms with Gasteiger partial charge in [-0.05, 0) is 24.5 Å². The van der Waals surface area contributed by atoms with Crippen LogP contribution in [0.4, 0.5) is 5.69 Å². The molecule has 0 spiro atoms. The Hall–Kier alpha value is -1.18. The number of unbranched alkanes of at least 4 members (excludes halogenated alkanes) is 1. The van der Waals surface area contributed by atoms with Crippen molar-refractivity contribution in [1.82, 2.24) is 0 Å². The summed E-state index contributed by atoms with van der Waals surface area (Å²) in [5.74, 6) is 0.243. The largest absolute Gasteiger partial charge is 0.508 e. The summed E-state index contributed by atoms with van der Waals surface area (Å²) in [4.78, 5) is 0. The van der Waals surface area contributed by atoms with Crippen molar-refractivity contribution in [3.8, 4) is 5.75 Å². The van der Waals surface area contributed by atoms with E-state index in [0.29, 0.717) is 5.69 Å². The van der Waals surface area contributed by atoms with E-state index in [1.54, 1.807) is 12.1 Å². The maximum atomic E-state index is 9.08. The molecule has 2 nitrogen and oxygen atoms in total. The standard InChI is InChI=1S/C10H15NO/c1-2-3-4-8-5-6-9(12)7-10(8)11/h5-7,12H,2-4,11H2,1H3. The van der Waals surface area contributed by atoms with Gasteiger partial charge in [-0.1, -0.05) is 19.4 Å². The predicted octanol–water partition coefficient (Wildman–Crippen LogP) is 2.32. The molecule has 0 heterocycles. The zero-order chi connectivity index (χ0) is 8.97. The zero-order valence-electron chi connectivity index (χ0n) is 7.38. The average molecular weight is 165 g/mol. The SMILES string of the molecule is CCCCc1ccc(O)cc1N. The van der Waals surface area contributed by atoms with Gasteiger partial charge in [0.05, 0.1) is 0 Å². The quantitative estimate of drug-likeness (QED) is 0.675. The Morgan fingerprint density at radius 1 is 1.42 bits per heavy atom. The minimum Gasteiger partial charge on any atom is -0.508 e. The second-order valence-corrected chi connectivity index (χ2v) is 2.99. The van der Waals surface area contributed by atoms with Crippen LogP contribution >= 0.6 is 0 Å². The molecule has 0 radical (unpaired) electrons. The van der Waals surface area contributed by atoms with Gasteiger partial charge in [-0.3, -0.25) is 0 Å². The lowest BCUT2D eigenvalue weighted by Gasteiger charge is -2.04. The Kier molecular flexibility index (Phi) is 2.97. The number of benzene rings is 1. The highest BCUT2D eigenvalue weighted by atomic mass is 16.3. The van der Waals surface area contributed by atoms with Gasteiger partial charge in [0.1, 0.15) is 5.75 Å². The minimum absolute atomic E-state index is 0.243. The number of aromatic hydroxyl groups is 1. The van der Waals surface area contributed by atoms with Crippen LogP contribution in [0, 0.1) is 0 Å². The molecule has 1 aromatic rings.